The predicted octanol–water partition coefficient (Wildman–Crippen LogP) is 4.77. The summed E-state index contributed by atoms with van der Waals surface area (Å²) in [5.41, 5.74) is 2.18. The smallest absolute Gasteiger partial charge is 0.266 e. The van der Waals surface area contributed by atoms with E-state index in [0.29, 0.717) is 28.2 Å². The quantitative estimate of drug-likeness (QED) is 0.427. The molecule has 156 valence electrons. The van der Waals surface area contributed by atoms with Crippen molar-refractivity contribution in [3.05, 3.63) is 90.6 Å². The molecule has 0 aliphatic rings. The first-order valence-corrected chi connectivity index (χ1v) is 10.4. The molecule has 1 amide bonds. The Balaban J connectivity index is 1.81. The van der Waals surface area contributed by atoms with Gasteiger partial charge < -0.3 is 10.1 Å². The largest absolute Gasteiger partial charge is 0.495 e. The first-order valence-electron chi connectivity index (χ1n) is 9.38. The van der Waals surface area contributed by atoms with Crippen LogP contribution in [0.5, 0.6) is 5.75 Å². The lowest BCUT2D eigenvalue weighted by molar-refractivity contribution is 0.102. The van der Waals surface area contributed by atoms with Crippen molar-refractivity contribution in [2.45, 2.75) is 0 Å². The number of rotatable bonds is 6. The maximum atomic E-state index is 12.8. The van der Waals surface area contributed by atoms with Gasteiger partial charge in [-0.15, -0.1) is 0 Å². The molecule has 0 aliphatic heterocycles. The minimum atomic E-state index is -2.45. The number of ether oxygens (including phenoxy) is 1. The number of nitrogens with zero attached hydrogens (tertiary/aromatic N) is 2. The van der Waals surface area contributed by atoms with Crippen molar-refractivity contribution >= 4 is 45.1 Å². The molecule has 0 fully saturated rings. The van der Waals surface area contributed by atoms with E-state index in [0.717, 1.165) is 5.39 Å². The summed E-state index contributed by atoms with van der Waals surface area (Å²) in [6, 6.07) is 22.8. The Morgan fingerprint density at radius 3 is 2.52 bits per heavy atom. The maximum absolute atomic E-state index is 12.8. The zero-order valence-electron chi connectivity index (χ0n) is 16.6. The molecule has 0 radical (unpaired) electrons. The first-order chi connectivity index (χ1) is 15.1. The van der Waals surface area contributed by atoms with Gasteiger partial charge in [0.15, 0.2) is 0 Å². The highest BCUT2D eigenvalue weighted by Gasteiger charge is 2.23. The number of para-hydroxylation sites is 2. The molecule has 0 bridgehead atoms. The zero-order chi connectivity index (χ0) is 21.8. The summed E-state index contributed by atoms with van der Waals surface area (Å²) in [4.78, 5) is 17.2. The molecular formula is C23H19N3O4S. The monoisotopic (exact) mass is 433 g/mol. The molecule has 7 nitrogen and oxygen atoms in total. The molecular weight excluding hydrogens is 414 g/mol. The molecule has 0 saturated heterocycles. The Bertz CT molecular complexity index is 1260. The van der Waals surface area contributed by atoms with Gasteiger partial charge in [-0.25, -0.2) is 8.51 Å². The Labute approximate surface area is 181 Å². The summed E-state index contributed by atoms with van der Waals surface area (Å²) >= 11 is -2.45. The molecule has 8 heteroatoms. The van der Waals surface area contributed by atoms with E-state index >= 15 is 0 Å². The van der Waals surface area contributed by atoms with Crippen LogP contribution in [0.4, 0.5) is 17.1 Å². The van der Waals surface area contributed by atoms with E-state index in [4.69, 9.17) is 4.74 Å². The summed E-state index contributed by atoms with van der Waals surface area (Å²) in [6.45, 7) is 0. The second-order valence-corrected chi connectivity index (χ2v) is 7.41. The molecule has 3 aromatic carbocycles. The molecule has 1 atom stereocenters. The van der Waals surface area contributed by atoms with E-state index in [1.165, 1.54) is 17.5 Å². The minimum Gasteiger partial charge on any atom is -0.495 e. The Morgan fingerprint density at radius 1 is 1.00 bits per heavy atom. The van der Waals surface area contributed by atoms with Crippen molar-refractivity contribution in [2.75, 3.05) is 16.7 Å². The topological polar surface area (TPSA) is 91.8 Å². The molecule has 1 unspecified atom stereocenters. The van der Waals surface area contributed by atoms with Crippen LogP contribution in [-0.4, -0.2) is 26.8 Å². The van der Waals surface area contributed by atoms with Crippen LogP contribution in [0.25, 0.3) is 10.9 Å². The number of anilines is 3. The molecule has 2 N–H and O–H groups in total. The second kappa shape index (κ2) is 8.95. The number of benzene rings is 3. The first kappa shape index (κ1) is 20.5. The number of amides is 1. The summed E-state index contributed by atoms with van der Waals surface area (Å²) in [7, 11) is 1.46. The van der Waals surface area contributed by atoms with Gasteiger partial charge in [-0.3, -0.25) is 14.3 Å². The van der Waals surface area contributed by atoms with Gasteiger partial charge in [0.25, 0.3) is 17.2 Å². The highest BCUT2D eigenvalue weighted by Crippen LogP contribution is 2.38. The van der Waals surface area contributed by atoms with Crippen LogP contribution in [0.15, 0.2) is 85.1 Å². The van der Waals surface area contributed by atoms with E-state index in [-0.39, 0.29) is 11.6 Å². The molecule has 1 heterocycles. The Morgan fingerprint density at radius 2 is 1.77 bits per heavy atom. The minimum absolute atomic E-state index is 0.266. The lowest BCUT2D eigenvalue weighted by Gasteiger charge is -2.23. The third-order valence-electron chi connectivity index (χ3n) is 4.68. The molecule has 0 spiro atoms. The second-order valence-electron chi connectivity index (χ2n) is 6.58. The average Bonchev–Trinajstić information content (AvgIpc) is 2.80. The molecule has 4 rings (SSSR count). The number of hydrogen-bond donors (Lipinski definition) is 2. The van der Waals surface area contributed by atoms with Crippen molar-refractivity contribution < 1.29 is 18.3 Å². The maximum Gasteiger partial charge on any atom is 0.266 e. The van der Waals surface area contributed by atoms with Crippen LogP contribution in [0, 0.1) is 0 Å². The van der Waals surface area contributed by atoms with Crippen molar-refractivity contribution in [2.24, 2.45) is 0 Å². The molecule has 0 saturated carbocycles. The van der Waals surface area contributed by atoms with Crippen molar-refractivity contribution in [3.63, 3.8) is 0 Å². The number of carbonyl (C=O) groups is 1. The average molecular weight is 433 g/mol. The fourth-order valence-electron chi connectivity index (χ4n) is 3.26. The normalized spacial score (nSPS) is 11.7. The van der Waals surface area contributed by atoms with Crippen molar-refractivity contribution in [1.29, 1.82) is 0 Å². The SMILES string of the molecule is COc1ccc(C(=O)Nc2ccccc2)cc1N(c1cccc2cccnc12)S(=O)O. The highest BCUT2D eigenvalue weighted by molar-refractivity contribution is 7.81. The van der Waals surface area contributed by atoms with Gasteiger partial charge in [-0.1, -0.05) is 36.4 Å². The van der Waals surface area contributed by atoms with Crippen LogP contribution < -0.4 is 14.4 Å². The fourth-order valence-corrected chi connectivity index (χ4v) is 3.89. The number of carbonyl (C=O) groups excluding carboxylic acids is 1. The summed E-state index contributed by atoms with van der Waals surface area (Å²) in [5, 5.41) is 3.62. The number of fused-ring (bicyclic) bond motifs is 1. The van der Waals surface area contributed by atoms with E-state index in [1.54, 1.807) is 48.7 Å². The van der Waals surface area contributed by atoms with Gasteiger partial charge in [0.2, 0.25) is 0 Å². The molecule has 0 aliphatic carbocycles. The van der Waals surface area contributed by atoms with Crippen molar-refractivity contribution in [1.82, 2.24) is 4.98 Å². The van der Waals surface area contributed by atoms with Crippen LogP contribution in [0.3, 0.4) is 0 Å². The summed E-state index contributed by atoms with van der Waals surface area (Å²) in [6.07, 6.45) is 1.62. The van der Waals surface area contributed by atoms with Gasteiger partial charge in [0.05, 0.1) is 24.0 Å². The third-order valence-corrected chi connectivity index (χ3v) is 5.38. The predicted molar refractivity (Wildman–Crippen MR) is 122 cm³/mol. The summed E-state index contributed by atoms with van der Waals surface area (Å²) in [5.74, 6) is -0.0126. The van der Waals surface area contributed by atoms with E-state index in [2.05, 4.69) is 10.3 Å². The van der Waals surface area contributed by atoms with Crippen LogP contribution in [0.1, 0.15) is 10.4 Å². The van der Waals surface area contributed by atoms with Crippen LogP contribution in [-0.2, 0) is 11.3 Å². The van der Waals surface area contributed by atoms with Crippen LogP contribution >= 0.6 is 0 Å². The molecule has 31 heavy (non-hydrogen) atoms. The third kappa shape index (κ3) is 4.25. The van der Waals surface area contributed by atoms with Gasteiger partial charge in [-0.2, -0.15) is 0 Å². The van der Waals surface area contributed by atoms with Gasteiger partial charge in [0, 0.05) is 22.8 Å². The number of methoxy groups -OCH3 is 1. The Kier molecular flexibility index (Phi) is 5.92. The highest BCUT2D eigenvalue weighted by atomic mass is 32.2. The molecule has 4 aromatic rings. The number of aromatic nitrogens is 1. The number of nitrogens with one attached hydrogen (secondary N) is 1. The summed E-state index contributed by atoms with van der Waals surface area (Å²) < 4.78 is 29.2. The Hall–Kier alpha value is -3.75. The van der Waals surface area contributed by atoms with Crippen molar-refractivity contribution in [3.8, 4) is 5.75 Å². The van der Waals surface area contributed by atoms with Crippen LogP contribution in [0.2, 0.25) is 0 Å². The standard InChI is InChI=1S/C23H19N3O4S/c1-30-21-13-12-17(23(27)25-18-9-3-2-4-10-18)15-20(21)26(31(28)29)19-11-5-7-16-8-6-14-24-22(16)19/h2-15H,1H3,(H,25,27)(H,28,29). The van der Waals surface area contributed by atoms with Gasteiger partial charge >= 0.3 is 0 Å². The van der Waals surface area contributed by atoms with Gasteiger partial charge in [0.1, 0.15) is 5.75 Å². The number of pyridine rings is 1. The fraction of sp³-hybridized carbons (Fsp3) is 0.0435. The zero-order valence-corrected chi connectivity index (χ0v) is 17.4. The molecule has 1 aromatic heterocycles. The lowest BCUT2D eigenvalue weighted by atomic mass is 10.1. The van der Waals surface area contributed by atoms with Gasteiger partial charge in [-0.05, 0) is 42.5 Å². The van der Waals surface area contributed by atoms with E-state index in [9.17, 15) is 13.6 Å². The van der Waals surface area contributed by atoms with E-state index in [1.807, 2.05) is 30.3 Å². The van der Waals surface area contributed by atoms with E-state index < -0.39 is 11.3 Å². The number of hydrogen-bond acceptors (Lipinski definition) is 4. The lowest BCUT2D eigenvalue weighted by Crippen LogP contribution is -2.21.